The van der Waals surface area contributed by atoms with Crippen LogP contribution in [-0.4, -0.2) is 17.1 Å². The topological polar surface area (TPSA) is 75.4 Å². The van der Waals surface area contributed by atoms with Gasteiger partial charge in [0.1, 0.15) is 0 Å². The number of carbonyl (C=O) groups is 1. The first-order valence-corrected chi connectivity index (χ1v) is 5.42. The molecule has 94 valence electrons. The van der Waals surface area contributed by atoms with Gasteiger partial charge in [0, 0.05) is 6.54 Å². The highest BCUT2D eigenvalue weighted by Gasteiger charge is 2.16. The highest BCUT2D eigenvalue weighted by Crippen LogP contribution is 2.15. The molecule has 4 nitrogen and oxygen atoms in total. The van der Waals surface area contributed by atoms with Gasteiger partial charge in [0.05, 0.1) is 6.04 Å². The average molecular weight is 240 g/mol. The van der Waals surface area contributed by atoms with Crippen molar-refractivity contribution in [3.63, 3.8) is 0 Å². The van der Waals surface area contributed by atoms with E-state index in [0.717, 1.165) is 0 Å². The summed E-state index contributed by atoms with van der Waals surface area (Å²) in [5.74, 6) is -1.33. The Kier molecular flexibility index (Phi) is 4.45. The number of carbonyl (C=O) groups excluding carboxylic acids is 1. The standard InChI is InChI=1S/C12H17FN2O2/c1-7(2)11(14)12(17)15-6-8-3-4-10(16)9(13)5-8/h3-5,7,11,16H,6,14H2,1-2H3,(H,15,17)/t11-/m0/s1. The second-order valence-corrected chi connectivity index (χ2v) is 4.27. The van der Waals surface area contributed by atoms with E-state index in [-0.39, 0.29) is 18.4 Å². The Hall–Kier alpha value is -1.62. The van der Waals surface area contributed by atoms with Gasteiger partial charge in [0.15, 0.2) is 11.6 Å². The van der Waals surface area contributed by atoms with Gasteiger partial charge in [-0.05, 0) is 23.6 Å². The Morgan fingerprint density at radius 1 is 1.53 bits per heavy atom. The van der Waals surface area contributed by atoms with Crippen LogP contribution in [-0.2, 0) is 11.3 Å². The molecule has 1 atom stereocenters. The van der Waals surface area contributed by atoms with Gasteiger partial charge in [0.2, 0.25) is 5.91 Å². The van der Waals surface area contributed by atoms with Gasteiger partial charge in [-0.15, -0.1) is 0 Å². The Balaban J connectivity index is 2.56. The molecule has 0 saturated carbocycles. The molecular formula is C12H17FN2O2. The second kappa shape index (κ2) is 5.63. The van der Waals surface area contributed by atoms with Crippen molar-refractivity contribution in [1.29, 1.82) is 0 Å². The maximum Gasteiger partial charge on any atom is 0.237 e. The maximum absolute atomic E-state index is 13.0. The molecule has 0 bridgehead atoms. The summed E-state index contributed by atoms with van der Waals surface area (Å²) in [7, 11) is 0. The van der Waals surface area contributed by atoms with Crippen molar-refractivity contribution in [3.8, 4) is 5.75 Å². The van der Waals surface area contributed by atoms with Crippen LogP contribution >= 0.6 is 0 Å². The van der Waals surface area contributed by atoms with Crippen LogP contribution in [0.15, 0.2) is 18.2 Å². The first-order valence-electron chi connectivity index (χ1n) is 5.42. The van der Waals surface area contributed by atoms with E-state index in [4.69, 9.17) is 10.8 Å². The highest BCUT2D eigenvalue weighted by atomic mass is 19.1. The number of nitrogens with two attached hydrogens (primary N) is 1. The molecule has 0 fully saturated rings. The van der Waals surface area contributed by atoms with Gasteiger partial charge in [0.25, 0.3) is 0 Å². The van der Waals surface area contributed by atoms with Crippen LogP contribution in [0.2, 0.25) is 0 Å². The molecule has 4 N–H and O–H groups in total. The summed E-state index contributed by atoms with van der Waals surface area (Å²) in [6.45, 7) is 3.89. The highest BCUT2D eigenvalue weighted by molar-refractivity contribution is 5.81. The monoisotopic (exact) mass is 240 g/mol. The van der Waals surface area contributed by atoms with E-state index < -0.39 is 17.6 Å². The number of amides is 1. The van der Waals surface area contributed by atoms with Gasteiger partial charge < -0.3 is 16.2 Å². The third-order valence-electron chi connectivity index (χ3n) is 2.50. The van der Waals surface area contributed by atoms with Crippen molar-refractivity contribution in [2.24, 2.45) is 11.7 Å². The lowest BCUT2D eigenvalue weighted by Gasteiger charge is -2.15. The molecule has 1 amide bonds. The van der Waals surface area contributed by atoms with Gasteiger partial charge >= 0.3 is 0 Å². The average Bonchev–Trinajstić information content (AvgIpc) is 2.29. The summed E-state index contributed by atoms with van der Waals surface area (Å²) >= 11 is 0. The fourth-order valence-corrected chi connectivity index (χ4v) is 1.27. The van der Waals surface area contributed by atoms with Crippen LogP contribution in [0, 0.1) is 11.7 Å². The lowest BCUT2D eigenvalue weighted by molar-refractivity contribution is -0.123. The van der Waals surface area contributed by atoms with Crippen molar-refractivity contribution in [2.45, 2.75) is 26.4 Å². The van der Waals surface area contributed by atoms with Gasteiger partial charge in [-0.2, -0.15) is 0 Å². The Morgan fingerprint density at radius 3 is 2.71 bits per heavy atom. The van der Waals surface area contributed by atoms with E-state index >= 15 is 0 Å². The lowest BCUT2D eigenvalue weighted by Crippen LogP contribution is -2.43. The third kappa shape index (κ3) is 3.71. The number of aromatic hydroxyl groups is 1. The molecule has 0 radical (unpaired) electrons. The van der Waals surface area contributed by atoms with Crippen molar-refractivity contribution in [2.75, 3.05) is 0 Å². The zero-order valence-corrected chi connectivity index (χ0v) is 9.90. The van der Waals surface area contributed by atoms with Crippen molar-refractivity contribution < 1.29 is 14.3 Å². The predicted octanol–water partition coefficient (Wildman–Crippen LogP) is 1.13. The van der Waals surface area contributed by atoms with Crippen molar-refractivity contribution in [3.05, 3.63) is 29.6 Å². The fourth-order valence-electron chi connectivity index (χ4n) is 1.27. The third-order valence-corrected chi connectivity index (χ3v) is 2.50. The predicted molar refractivity (Wildman–Crippen MR) is 62.7 cm³/mol. The first kappa shape index (κ1) is 13.4. The summed E-state index contributed by atoms with van der Waals surface area (Å²) in [5.41, 5.74) is 6.23. The van der Waals surface area contributed by atoms with E-state index in [1.807, 2.05) is 13.8 Å². The molecule has 5 heteroatoms. The van der Waals surface area contributed by atoms with Gasteiger partial charge in [-0.1, -0.05) is 19.9 Å². The minimum atomic E-state index is -0.704. The summed E-state index contributed by atoms with van der Waals surface area (Å²) in [6, 6.07) is 3.40. The zero-order valence-electron chi connectivity index (χ0n) is 9.90. The molecule has 0 aliphatic carbocycles. The molecule has 1 rings (SSSR count). The Morgan fingerprint density at radius 2 is 2.18 bits per heavy atom. The van der Waals surface area contributed by atoms with Crippen molar-refractivity contribution in [1.82, 2.24) is 5.32 Å². The number of nitrogens with one attached hydrogen (secondary N) is 1. The minimum Gasteiger partial charge on any atom is -0.505 e. The molecule has 0 aromatic heterocycles. The fraction of sp³-hybridized carbons (Fsp3) is 0.417. The Bertz CT molecular complexity index is 407. The van der Waals surface area contributed by atoms with Gasteiger partial charge in [-0.25, -0.2) is 4.39 Å². The number of phenols is 1. The van der Waals surface area contributed by atoms with Crippen LogP contribution in [0.4, 0.5) is 4.39 Å². The summed E-state index contributed by atoms with van der Waals surface area (Å²) in [5, 5.41) is 11.6. The van der Waals surface area contributed by atoms with E-state index in [1.54, 1.807) is 6.07 Å². The molecule has 0 saturated heterocycles. The smallest absolute Gasteiger partial charge is 0.237 e. The van der Waals surface area contributed by atoms with Crippen LogP contribution in [0.3, 0.4) is 0 Å². The lowest BCUT2D eigenvalue weighted by atomic mass is 10.0. The Labute approximate surface area is 99.6 Å². The molecule has 17 heavy (non-hydrogen) atoms. The minimum absolute atomic E-state index is 0.0477. The van der Waals surface area contributed by atoms with Gasteiger partial charge in [-0.3, -0.25) is 4.79 Å². The zero-order chi connectivity index (χ0) is 13.0. The van der Waals surface area contributed by atoms with E-state index in [1.165, 1.54) is 12.1 Å². The number of hydrogen-bond acceptors (Lipinski definition) is 3. The number of rotatable bonds is 4. The van der Waals surface area contributed by atoms with Crippen LogP contribution in [0.1, 0.15) is 19.4 Å². The van der Waals surface area contributed by atoms with Crippen LogP contribution < -0.4 is 11.1 Å². The van der Waals surface area contributed by atoms with Crippen molar-refractivity contribution >= 4 is 5.91 Å². The molecule has 0 heterocycles. The number of halogens is 1. The molecule has 0 unspecified atom stereocenters. The summed E-state index contributed by atoms with van der Waals surface area (Å²) in [6.07, 6.45) is 0. The van der Waals surface area contributed by atoms with Crippen LogP contribution in [0.5, 0.6) is 5.75 Å². The molecule has 1 aromatic carbocycles. The molecule has 0 aliphatic heterocycles. The molecule has 1 aromatic rings. The second-order valence-electron chi connectivity index (χ2n) is 4.27. The first-order chi connectivity index (χ1) is 7.91. The number of benzene rings is 1. The SMILES string of the molecule is CC(C)[C@H](N)C(=O)NCc1ccc(O)c(F)c1. The molecular weight excluding hydrogens is 223 g/mol. The largest absolute Gasteiger partial charge is 0.505 e. The number of phenolic OH excluding ortho intramolecular Hbond substituents is 1. The normalized spacial score (nSPS) is 12.5. The number of hydrogen-bond donors (Lipinski definition) is 3. The molecule has 0 aliphatic rings. The van der Waals surface area contributed by atoms with E-state index in [2.05, 4.69) is 5.32 Å². The van der Waals surface area contributed by atoms with E-state index in [0.29, 0.717) is 5.56 Å². The van der Waals surface area contributed by atoms with E-state index in [9.17, 15) is 9.18 Å². The summed E-state index contributed by atoms with van der Waals surface area (Å²) in [4.78, 5) is 11.5. The maximum atomic E-state index is 13.0. The van der Waals surface area contributed by atoms with Crippen LogP contribution in [0.25, 0.3) is 0 Å². The summed E-state index contributed by atoms with van der Waals surface area (Å²) < 4.78 is 13.0. The quantitative estimate of drug-likeness (QED) is 0.738. The molecule has 0 spiro atoms.